The molecule has 2 heterocycles. The van der Waals surface area contributed by atoms with Gasteiger partial charge in [0.25, 0.3) is 0 Å². The number of anilines is 1. The quantitative estimate of drug-likeness (QED) is 0.556. The molecule has 3 rings (SSSR count). The predicted octanol–water partition coefficient (Wildman–Crippen LogP) is 1.73. The van der Waals surface area contributed by atoms with Crippen LogP contribution in [0.15, 0.2) is 33.5 Å². The Kier molecular flexibility index (Phi) is 2.56. The van der Waals surface area contributed by atoms with E-state index in [1.54, 1.807) is 12.1 Å². The second-order valence-electron chi connectivity index (χ2n) is 3.68. The lowest BCUT2D eigenvalue weighted by Crippen LogP contribution is -2.00. The molecule has 0 saturated carbocycles. The number of nitrogens with one attached hydrogen (secondary N) is 1. The second-order valence-corrected chi connectivity index (χ2v) is 3.68. The van der Waals surface area contributed by atoms with Gasteiger partial charge in [-0.2, -0.15) is 0 Å². The number of nitro groups is 1. The van der Waals surface area contributed by atoms with Crippen molar-refractivity contribution in [2.75, 3.05) is 5.32 Å². The van der Waals surface area contributed by atoms with E-state index in [2.05, 4.69) is 25.4 Å². The van der Waals surface area contributed by atoms with Crippen molar-refractivity contribution >= 4 is 22.4 Å². The first-order valence-electron chi connectivity index (χ1n) is 5.29. The lowest BCUT2D eigenvalue weighted by Gasteiger charge is -2.03. The first-order valence-corrected chi connectivity index (χ1v) is 5.29. The van der Waals surface area contributed by atoms with E-state index in [1.807, 2.05) is 0 Å². The highest BCUT2D eigenvalue weighted by molar-refractivity contribution is 5.93. The first kappa shape index (κ1) is 11.1. The minimum Gasteiger partial charge on any atom is -0.376 e. The zero-order valence-corrected chi connectivity index (χ0v) is 9.44. The van der Waals surface area contributed by atoms with Crippen LogP contribution in [0.1, 0.15) is 5.76 Å². The summed E-state index contributed by atoms with van der Waals surface area (Å²) in [7, 11) is 0. The second kappa shape index (κ2) is 4.37. The molecule has 0 bridgehead atoms. The summed E-state index contributed by atoms with van der Waals surface area (Å²) in [5, 5.41) is 24.6. The summed E-state index contributed by atoms with van der Waals surface area (Å²) in [6.45, 7) is 0.375. The van der Waals surface area contributed by atoms with Crippen molar-refractivity contribution in [1.29, 1.82) is 0 Å². The molecule has 0 aliphatic carbocycles. The lowest BCUT2D eigenvalue weighted by atomic mass is 10.2. The van der Waals surface area contributed by atoms with Gasteiger partial charge in [0, 0.05) is 12.1 Å². The van der Waals surface area contributed by atoms with E-state index in [0.29, 0.717) is 23.5 Å². The van der Waals surface area contributed by atoms with E-state index < -0.39 is 4.92 Å². The van der Waals surface area contributed by atoms with Gasteiger partial charge in [0.15, 0.2) is 11.3 Å². The van der Waals surface area contributed by atoms with Crippen molar-refractivity contribution in [3.8, 4) is 0 Å². The number of rotatable bonds is 4. The Morgan fingerprint density at radius 2 is 2.11 bits per heavy atom. The zero-order valence-electron chi connectivity index (χ0n) is 9.44. The topological polar surface area (TPSA) is 120 Å². The van der Waals surface area contributed by atoms with Crippen LogP contribution in [0.4, 0.5) is 11.4 Å². The van der Waals surface area contributed by atoms with E-state index >= 15 is 0 Å². The number of hydrogen-bond donors (Lipinski definition) is 1. The van der Waals surface area contributed by atoms with Crippen LogP contribution in [0.3, 0.4) is 0 Å². The van der Waals surface area contributed by atoms with Crippen LogP contribution in [-0.4, -0.2) is 20.4 Å². The summed E-state index contributed by atoms with van der Waals surface area (Å²) in [6, 6.07) is 4.59. The number of nitrogens with zero attached hydrogens (tertiary/aromatic N) is 4. The molecule has 2 aromatic heterocycles. The highest BCUT2D eigenvalue weighted by atomic mass is 16.6. The van der Waals surface area contributed by atoms with E-state index in [-0.39, 0.29) is 11.2 Å². The van der Waals surface area contributed by atoms with Crippen LogP contribution in [0.2, 0.25) is 0 Å². The van der Waals surface area contributed by atoms with Crippen LogP contribution in [0.25, 0.3) is 11.0 Å². The van der Waals surface area contributed by atoms with Crippen molar-refractivity contribution in [2.45, 2.75) is 6.54 Å². The molecule has 96 valence electrons. The van der Waals surface area contributed by atoms with Gasteiger partial charge in [-0.15, -0.1) is 0 Å². The summed E-state index contributed by atoms with van der Waals surface area (Å²) in [5.74, 6) is 0.628. The molecule has 19 heavy (non-hydrogen) atoms. The third kappa shape index (κ3) is 1.97. The Labute approximate surface area is 105 Å². The molecule has 0 aliphatic heterocycles. The maximum Gasteiger partial charge on any atom is 0.300 e. The molecule has 0 atom stereocenters. The molecule has 1 aromatic carbocycles. The highest BCUT2D eigenvalue weighted by Gasteiger charge is 2.19. The lowest BCUT2D eigenvalue weighted by molar-refractivity contribution is -0.383. The number of hydrogen-bond acceptors (Lipinski definition) is 8. The van der Waals surface area contributed by atoms with Gasteiger partial charge in [-0.1, -0.05) is 5.16 Å². The van der Waals surface area contributed by atoms with Crippen molar-refractivity contribution in [1.82, 2.24) is 15.5 Å². The van der Waals surface area contributed by atoms with Crippen molar-refractivity contribution < 1.29 is 14.1 Å². The highest BCUT2D eigenvalue weighted by Crippen LogP contribution is 2.28. The number of non-ortho nitro benzene ring substituents is 1. The minimum absolute atomic E-state index is 0.104. The van der Waals surface area contributed by atoms with Gasteiger partial charge in [-0.3, -0.25) is 10.1 Å². The zero-order chi connectivity index (χ0) is 13.2. The maximum atomic E-state index is 10.8. The fourth-order valence-electron chi connectivity index (χ4n) is 1.66. The normalized spacial score (nSPS) is 10.7. The molecule has 9 heteroatoms. The summed E-state index contributed by atoms with van der Waals surface area (Å²) in [4.78, 5) is 10.3. The SMILES string of the molecule is O=[N+]([O-])c1ccc(NCc2ccno2)c2nonc12. The molecule has 0 radical (unpaired) electrons. The molecular weight excluding hydrogens is 254 g/mol. The molecule has 3 aromatic rings. The van der Waals surface area contributed by atoms with Crippen molar-refractivity contribution in [3.63, 3.8) is 0 Å². The van der Waals surface area contributed by atoms with Gasteiger partial charge in [0.2, 0.25) is 5.52 Å². The van der Waals surface area contributed by atoms with Crippen LogP contribution in [0.5, 0.6) is 0 Å². The predicted molar refractivity (Wildman–Crippen MR) is 62.3 cm³/mol. The molecule has 0 fully saturated rings. The third-order valence-electron chi connectivity index (χ3n) is 2.54. The monoisotopic (exact) mass is 261 g/mol. The Morgan fingerprint density at radius 1 is 1.26 bits per heavy atom. The van der Waals surface area contributed by atoms with Crippen LogP contribution in [-0.2, 0) is 6.54 Å². The molecule has 0 aliphatic rings. The van der Waals surface area contributed by atoms with Gasteiger partial charge in [-0.25, -0.2) is 4.63 Å². The van der Waals surface area contributed by atoms with E-state index in [4.69, 9.17) is 4.52 Å². The van der Waals surface area contributed by atoms with Crippen LogP contribution in [0, 0.1) is 10.1 Å². The van der Waals surface area contributed by atoms with Crippen molar-refractivity contribution in [2.24, 2.45) is 0 Å². The van der Waals surface area contributed by atoms with Gasteiger partial charge in [0.05, 0.1) is 23.4 Å². The summed E-state index contributed by atoms with van der Waals surface area (Å²) in [5.41, 5.74) is 0.820. The van der Waals surface area contributed by atoms with Gasteiger partial charge in [0.1, 0.15) is 0 Å². The van der Waals surface area contributed by atoms with Crippen molar-refractivity contribution in [3.05, 3.63) is 40.3 Å². The molecule has 0 unspecified atom stereocenters. The summed E-state index contributed by atoms with van der Waals surface area (Å²) in [6.07, 6.45) is 1.53. The summed E-state index contributed by atoms with van der Waals surface area (Å²) < 4.78 is 9.48. The average Bonchev–Trinajstić information content (AvgIpc) is 3.06. The third-order valence-corrected chi connectivity index (χ3v) is 2.54. The van der Waals surface area contributed by atoms with Gasteiger partial charge >= 0.3 is 5.69 Å². The van der Waals surface area contributed by atoms with E-state index in [9.17, 15) is 10.1 Å². The van der Waals surface area contributed by atoms with Crippen LogP contribution >= 0.6 is 0 Å². The summed E-state index contributed by atoms with van der Waals surface area (Å²) >= 11 is 0. The largest absolute Gasteiger partial charge is 0.376 e. The molecule has 0 spiro atoms. The Bertz CT molecular complexity index is 721. The fraction of sp³-hybridized carbons (Fsp3) is 0.100. The van der Waals surface area contributed by atoms with Gasteiger partial charge in [-0.05, 0) is 16.4 Å². The number of benzene rings is 1. The number of aromatic nitrogens is 3. The maximum absolute atomic E-state index is 10.8. The van der Waals surface area contributed by atoms with E-state index in [1.165, 1.54) is 12.3 Å². The number of nitro benzene ring substituents is 1. The number of fused-ring (bicyclic) bond motifs is 1. The van der Waals surface area contributed by atoms with Gasteiger partial charge < -0.3 is 9.84 Å². The fourth-order valence-corrected chi connectivity index (χ4v) is 1.66. The Morgan fingerprint density at radius 3 is 2.84 bits per heavy atom. The van der Waals surface area contributed by atoms with Crippen LogP contribution < -0.4 is 5.32 Å². The smallest absolute Gasteiger partial charge is 0.300 e. The molecule has 0 saturated heterocycles. The molecule has 1 N–H and O–H groups in total. The Hall–Kier alpha value is -2.97. The molecule has 0 amide bonds. The first-order chi connectivity index (χ1) is 9.25. The molecular formula is C10H7N5O4. The Balaban J connectivity index is 1.94. The molecule has 9 nitrogen and oxygen atoms in total. The standard InChI is InChI=1S/C10H7N5O4/c16-15(17)8-2-1-7(9-10(8)14-19-13-9)11-5-6-3-4-12-18-6/h1-4,11H,5H2. The average molecular weight is 261 g/mol. The van der Waals surface area contributed by atoms with E-state index in [0.717, 1.165) is 0 Å². The minimum atomic E-state index is -0.535.